The number of nitro groups is 1. The van der Waals surface area contributed by atoms with Crippen LogP contribution in [0, 0.1) is 21.4 Å². The number of hydrogen-bond acceptors (Lipinski definition) is 9. The third-order valence-electron chi connectivity index (χ3n) is 3.89. The number of nitro benzene ring substituents is 1. The summed E-state index contributed by atoms with van der Waals surface area (Å²) < 4.78 is 4.91. The molecule has 1 fully saturated rings. The summed E-state index contributed by atoms with van der Waals surface area (Å²) in [6.07, 6.45) is 0.655. The van der Waals surface area contributed by atoms with Crippen LogP contribution in [0.4, 0.5) is 10.5 Å². The third kappa shape index (κ3) is 10.1. The van der Waals surface area contributed by atoms with Crippen LogP contribution in [0.15, 0.2) is 24.3 Å². The van der Waals surface area contributed by atoms with Crippen molar-refractivity contribution in [2.24, 2.45) is 5.73 Å². The average Bonchev–Trinajstić information content (AvgIpc) is 3.26. The van der Waals surface area contributed by atoms with E-state index in [1.54, 1.807) is 11.8 Å². The number of carbonyl (C=O) groups is 2. The molecule has 5 N–H and O–H groups in total. The van der Waals surface area contributed by atoms with Crippen LogP contribution in [-0.4, -0.2) is 52.4 Å². The fraction of sp³-hybridized carbons (Fsp3) is 0.500. The molecule has 164 valence electrons. The third-order valence-corrected chi connectivity index (χ3v) is 4.93. The van der Waals surface area contributed by atoms with Gasteiger partial charge in [0, 0.05) is 24.4 Å². The summed E-state index contributed by atoms with van der Waals surface area (Å²) in [4.78, 5) is 32.6. The highest BCUT2D eigenvalue weighted by atomic mass is 32.2. The molecule has 1 saturated heterocycles. The first-order chi connectivity index (χ1) is 14.4. The SMILES string of the molecule is N#CC1NCCS1.NCCCC[C@H](NC(=O)OCc1ccc([N+](=O)[O-])cc1)C(=O)O. The van der Waals surface area contributed by atoms with Crippen molar-refractivity contribution < 1.29 is 24.4 Å². The molecule has 0 spiro atoms. The van der Waals surface area contributed by atoms with Crippen molar-refractivity contribution in [2.75, 3.05) is 18.8 Å². The summed E-state index contributed by atoms with van der Waals surface area (Å²) in [7, 11) is 0. The predicted molar refractivity (Wildman–Crippen MR) is 111 cm³/mol. The van der Waals surface area contributed by atoms with Crippen molar-refractivity contribution in [1.82, 2.24) is 10.6 Å². The van der Waals surface area contributed by atoms with Gasteiger partial charge in [0.2, 0.25) is 0 Å². The molecule has 0 saturated carbocycles. The van der Waals surface area contributed by atoms with Gasteiger partial charge < -0.3 is 20.9 Å². The van der Waals surface area contributed by atoms with Crippen LogP contribution in [-0.2, 0) is 16.1 Å². The molecule has 1 aromatic rings. The number of carboxylic acid groups (broad SMARTS) is 1. The molecule has 11 nitrogen and oxygen atoms in total. The highest BCUT2D eigenvalue weighted by Crippen LogP contribution is 2.13. The minimum atomic E-state index is -1.14. The fourth-order valence-corrected chi connectivity index (χ4v) is 3.09. The van der Waals surface area contributed by atoms with Crippen LogP contribution in [0.25, 0.3) is 0 Å². The van der Waals surface area contributed by atoms with Gasteiger partial charge in [-0.15, -0.1) is 11.8 Å². The lowest BCUT2D eigenvalue weighted by Gasteiger charge is -2.14. The summed E-state index contributed by atoms with van der Waals surface area (Å²) in [5.74, 6) is -0.0626. The number of non-ortho nitro benzene ring substituents is 1. The number of unbranched alkanes of at least 4 members (excludes halogenated alkanes) is 1. The van der Waals surface area contributed by atoms with Gasteiger partial charge in [-0.3, -0.25) is 15.4 Å². The molecule has 1 aromatic carbocycles. The molecule has 1 aliphatic rings. The van der Waals surface area contributed by atoms with Gasteiger partial charge in [-0.05, 0) is 43.5 Å². The summed E-state index contributed by atoms with van der Waals surface area (Å²) in [6.45, 7) is 1.33. The lowest BCUT2D eigenvalue weighted by molar-refractivity contribution is -0.384. The van der Waals surface area contributed by atoms with Crippen LogP contribution in [0.5, 0.6) is 0 Å². The number of nitrogens with two attached hydrogens (primary N) is 1. The Morgan fingerprint density at radius 3 is 2.60 bits per heavy atom. The smallest absolute Gasteiger partial charge is 0.408 e. The Labute approximate surface area is 178 Å². The van der Waals surface area contributed by atoms with Crippen LogP contribution >= 0.6 is 11.8 Å². The number of carbonyl (C=O) groups excluding carboxylic acids is 1. The standard InChI is InChI=1S/C14H19N3O6.C4H6N2S/c15-8-2-1-3-12(13(18)19)16-14(20)23-9-10-4-6-11(7-5-10)17(21)22;5-3-4-6-1-2-7-4/h4-7,12H,1-3,8-9,15H2,(H,16,20)(H,18,19);4,6H,1-2H2/t12-;/m0./s1. The molecule has 0 aliphatic carbocycles. The molecular weight excluding hydrogens is 414 g/mol. The Kier molecular flexibility index (Phi) is 11.9. The largest absolute Gasteiger partial charge is 0.480 e. The number of benzene rings is 1. The lowest BCUT2D eigenvalue weighted by Crippen LogP contribution is -2.41. The number of nitriles is 1. The van der Waals surface area contributed by atoms with E-state index in [4.69, 9.17) is 20.8 Å². The number of aliphatic carboxylic acids is 1. The molecule has 2 atom stereocenters. The highest BCUT2D eigenvalue weighted by molar-refractivity contribution is 8.00. The normalized spacial score (nSPS) is 15.8. The second-order valence-electron chi connectivity index (χ2n) is 6.15. The van der Waals surface area contributed by atoms with E-state index in [9.17, 15) is 19.7 Å². The topological polar surface area (TPSA) is 181 Å². The number of nitrogens with one attached hydrogen (secondary N) is 2. The zero-order valence-corrected chi connectivity index (χ0v) is 17.1. The average molecular weight is 439 g/mol. The predicted octanol–water partition coefficient (Wildman–Crippen LogP) is 1.58. The minimum Gasteiger partial charge on any atom is -0.480 e. The van der Waals surface area contributed by atoms with Crippen LogP contribution in [0.3, 0.4) is 0 Å². The summed E-state index contributed by atoms with van der Waals surface area (Å²) >= 11 is 1.67. The van der Waals surface area contributed by atoms with Crippen LogP contribution in [0.1, 0.15) is 24.8 Å². The van der Waals surface area contributed by atoms with Gasteiger partial charge in [-0.1, -0.05) is 0 Å². The van der Waals surface area contributed by atoms with E-state index in [1.807, 2.05) is 0 Å². The molecular formula is C18H25N5O6S. The monoisotopic (exact) mass is 439 g/mol. The maximum Gasteiger partial charge on any atom is 0.408 e. The van der Waals surface area contributed by atoms with E-state index in [2.05, 4.69) is 16.7 Å². The molecule has 12 heteroatoms. The number of alkyl carbamates (subject to hydrolysis) is 1. The number of nitrogens with zero attached hydrogens (tertiary/aromatic N) is 2. The van der Waals surface area contributed by atoms with E-state index in [0.717, 1.165) is 12.3 Å². The second-order valence-corrected chi connectivity index (χ2v) is 7.37. The number of thioether (sulfide) groups is 1. The van der Waals surface area contributed by atoms with Crippen molar-refractivity contribution in [1.29, 1.82) is 5.26 Å². The molecule has 2 rings (SSSR count). The first-order valence-corrected chi connectivity index (χ1v) is 10.3. The molecule has 1 amide bonds. The van der Waals surface area contributed by atoms with E-state index >= 15 is 0 Å². The van der Waals surface area contributed by atoms with Gasteiger partial charge in [0.05, 0.1) is 11.0 Å². The Hall–Kier alpha value is -2.88. The fourth-order valence-electron chi connectivity index (χ4n) is 2.31. The number of amides is 1. The van der Waals surface area contributed by atoms with Crippen LogP contribution in [0.2, 0.25) is 0 Å². The summed E-state index contributed by atoms with van der Waals surface area (Å²) in [6, 6.07) is 6.59. The molecule has 1 aliphatic heterocycles. The maximum atomic E-state index is 11.6. The molecule has 0 radical (unpaired) electrons. The zero-order chi connectivity index (χ0) is 22.4. The zero-order valence-electron chi connectivity index (χ0n) is 16.3. The molecule has 0 aromatic heterocycles. The van der Waals surface area contributed by atoms with Crippen molar-refractivity contribution in [2.45, 2.75) is 37.3 Å². The summed E-state index contributed by atoms with van der Waals surface area (Å²) in [5.41, 5.74) is 5.82. The van der Waals surface area contributed by atoms with E-state index in [0.29, 0.717) is 24.9 Å². The van der Waals surface area contributed by atoms with Crippen molar-refractivity contribution >= 4 is 29.5 Å². The van der Waals surface area contributed by atoms with Gasteiger partial charge in [-0.25, -0.2) is 9.59 Å². The number of carboxylic acids is 1. The van der Waals surface area contributed by atoms with Gasteiger partial charge >= 0.3 is 12.1 Å². The minimum absolute atomic E-state index is 0.0657. The maximum absolute atomic E-state index is 11.6. The van der Waals surface area contributed by atoms with E-state index in [1.165, 1.54) is 24.3 Å². The van der Waals surface area contributed by atoms with Crippen molar-refractivity contribution in [3.8, 4) is 6.07 Å². The van der Waals surface area contributed by atoms with Gasteiger partial charge in [0.1, 0.15) is 18.0 Å². The Balaban J connectivity index is 0.000000539. The Morgan fingerprint density at radius 1 is 1.43 bits per heavy atom. The number of rotatable bonds is 9. The molecule has 0 bridgehead atoms. The first kappa shape index (κ1) is 25.2. The number of ether oxygens (including phenoxy) is 1. The van der Waals surface area contributed by atoms with Gasteiger partial charge in [0.15, 0.2) is 0 Å². The van der Waals surface area contributed by atoms with Crippen molar-refractivity contribution in [3.05, 3.63) is 39.9 Å². The number of hydrogen-bond donors (Lipinski definition) is 4. The summed E-state index contributed by atoms with van der Waals surface area (Å²) in [5, 5.41) is 33.1. The first-order valence-electron chi connectivity index (χ1n) is 9.21. The van der Waals surface area contributed by atoms with Crippen LogP contribution < -0.4 is 16.4 Å². The second kappa shape index (κ2) is 14.2. The van der Waals surface area contributed by atoms with Crippen molar-refractivity contribution in [3.63, 3.8) is 0 Å². The van der Waals surface area contributed by atoms with Gasteiger partial charge in [-0.2, -0.15) is 5.26 Å². The van der Waals surface area contributed by atoms with E-state index in [-0.39, 0.29) is 24.1 Å². The Bertz CT molecular complexity index is 734. The Morgan fingerprint density at radius 2 is 2.13 bits per heavy atom. The molecule has 1 unspecified atom stereocenters. The van der Waals surface area contributed by atoms with Gasteiger partial charge in [0.25, 0.3) is 5.69 Å². The van der Waals surface area contributed by atoms with E-state index < -0.39 is 23.0 Å². The lowest BCUT2D eigenvalue weighted by atomic mass is 10.1. The highest BCUT2D eigenvalue weighted by Gasteiger charge is 2.20. The molecule has 30 heavy (non-hydrogen) atoms. The quantitative estimate of drug-likeness (QED) is 0.250. The molecule has 1 heterocycles.